The van der Waals surface area contributed by atoms with E-state index in [1.54, 1.807) is 11.1 Å². The van der Waals surface area contributed by atoms with Crippen molar-refractivity contribution in [1.29, 1.82) is 0 Å². The van der Waals surface area contributed by atoms with Gasteiger partial charge in [0.15, 0.2) is 0 Å². The van der Waals surface area contributed by atoms with Crippen molar-refractivity contribution in [2.45, 2.75) is 26.1 Å². The van der Waals surface area contributed by atoms with E-state index in [9.17, 15) is 4.79 Å². The SMILES string of the molecule is C[C@@H]1Cn2ncc(N3CCOC3=O)c2CN1. The van der Waals surface area contributed by atoms with Gasteiger partial charge in [0.05, 0.1) is 30.7 Å². The molecule has 0 spiro atoms. The van der Waals surface area contributed by atoms with E-state index in [4.69, 9.17) is 4.74 Å². The van der Waals surface area contributed by atoms with Gasteiger partial charge in [0.1, 0.15) is 6.61 Å². The third-order valence-corrected chi connectivity index (χ3v) is 3.04. The van der Waals surface area contributed by atoms with Crippen LogP contribution in [0.3, 0.4) is 0 Å². The average molecular weight is 222 g/mol. The summed E-state index contributed by atoms with van der Waals surface area (Å²) in [7, 11) is 0. The summed E-state index contributed by atoms with van der Waals surface area (Å²) in [6.07, 6.45) is 1.48. The molecular formula is C10H14N4O2. The number of nitrogens with one attached hydrogen (secondary N) is 1. The van der Waals surface area contributed by atoms with E-state index in [1.165, 1.54) is 0 Å². The van der Waals surface area contributed by atoms with E-state index >= 15 is 0 Å². The molecule has 0 saturated carbocycles. The number of carbonyl (C=O) groups excluding carboxylic acids is 1. The normalized spacial score (nSPS) is 24.4. The standard InChI is InChI=1S/C10H14N4O2/c1-7-6-14-9(4-11-7)8(5-12-14)13-2-3-16-10(13)15/h5,7,11H,2-4,6H2,1H3/t7-/m1/s1. The van der Waals surface area contributed by atoms with Crippen molar-refractivity contribution in [1.82, 2.24) is 15.1 Å². The summed E-state index contributed by atoms with van der Waals surface area (Å²) in [5.74, 6) is 0. The number of hydrogen-bond donors (Lipinski definition) is 1. The first-order chi connectivity index (χ1) is 7.75. The number of cyclic esters (lactones) is 1. The van der Waals surface area contributed by atoms with E-state index in [0.717, 1.165) is 24.5 Å². The number of aromatic nitrogens is 2. The van der Waals surface area contributed by atoms with Gasteiger partial charge in [-0.1, -0.05) is 0 Å². The third-order valence-electron chi connectivity index (χ3n) is 3.04. The highest BCUT2D eigenvalue weighted by atomic mass is 16.6. The van der Waals surface area contributed by atoms with Crippen LogP contribution in [-0.4, -0.2) is 35.1 Å². The molecule has 0 aliphatic carbocycles. The van der Waals surface area contributed by atoms with Gasteiger partial charge >= 0.3 is 6.09 Å². The molecule has 0 aromatic carbocycles. The van der Waals surface area contributed by atoms with Gasteiger partial charge in [0.2, 0.25) is 0 Å². The molecule has 0 unspecified atom stereocenters. The van der Waals surface area contributed by atoms with Crippen molar-refractivity contribution in [3.8, 4) is 0 Å². The van der Waals surface area contributed by atoms with Crippen LogP contribution in [0.5, 0.6) is 0 Å². The molecule has 2 aliphatic heterocycles. The molecule has 1 N–H and O–H groups in total. The van der Waals surface area contributed by atoms with Crippen molar-refractivity contribution >= 4 is 11.8 Å². The van der Waals surface area contributed by atoms with E-state index in [-0.39, 0.29) is 6.09 Å². The van der Waals surface area contributed by atoms with Gasteiger partial charge in [-0.3, -0.25) is 9.58 Å². The summed E-state index contributed by atoms with van der Waals surface area (Å²) in [6.45, 7) is 4.80. The fourth-order valence-electron chi connectivity index (χ4n) is 2.17. The maximum Gasteiger partial charge on any atom is 0.414 e. The first-order valence-corrected chi connectivity index (χ1v) is 5.48. The molecular weight excluding hydrogens is 208 g/mol. The predicted octanol–water partition coefficient (Wildman–Crippen LogP) is 0.331. The van der Waals surface area contributed by atoms with E-state index in [0.29, 0.717) is 19.2 Å². The van der Waals surface area contributed by atoms with Gasteiger partial charge in [0, 0.05) is 12.6 Å². The van der Waals surface area contributed by atoms with Crippen LogP contribution in [-0.2, 0) is 17.8 Å². The number of fused-ring (bicyclic) bond motifs is 1. The topological polar surface area (TPSA) is 59.4 Å². The number of anilines is 1. The first kappa shape index (κ1) is 9.65. The summed E-state index contributed by atoms with van der Waals surface area (Å²) in [4.78, 5) is 13.1. The largest absolute Gasteiger partial charge is 0.447 e. The molecule has 86 valence electrons. The number of ether oxygens (including phenoxy) is 1. The number of nitrogens with zero attached hydrogens (tertiary/aromatic N) is 3. The highest BCUT2D eigenvalue weighted by molar-refractivity contribution is 5.89. The summed E-state index contributed by atoms with van der Waals surface area (Å²) in [5, 5.41) is 7.68. The predicted molar refractivity (Wildman–Crippen MR) is 57.2 cm³/mol. The molecule has 3 rings (SSSR count). The minimum absolute atomic E-state index is 0.269. The Morgan fingerprint density at radius 2 is 2.50 bits per heavy atom. The lowest BCUT2D eigenvalue weighted by molar-refractivity contribution is 0.181. The summed E-state index contributed by atoms with van der Waals surface area (Å²) >= 11 is 0. The fraction of sp³-hybridized carbons (Fsp3) is 0.600. The van der Waals surface area contributed by atoms with Crippen LogP contribution < -0.4 is 10.2 Å². The van der Waals surface area contributed by atoms with E-state index < -0.39 is 0 Å². The molecule has 6 heteroatoms. The van der Waals surface area contributed by atoms with Gasteiger partial charge in [-0.25, -0.2) is 4.79 Å². The van der Waals surface area contributed by atoms with Gasteiger partial charge in [-0.15, -0.1) is 0 Å². The van der Waals surface area contributed by atoms with Crippen LogP contribution in [0.25, 0.3) is 0 Å². The molecule has 1 aromatic heterocycles. The molecule has 1 fully saturated rings. The number of amides is 1. The van der Waals surface area contributed by atoms with Gasteiger partial charge in [-0.05, 0) is 6.92 Å². The Kier molecular flexibility index (Phi) is 2.10. The second-order valence-corrected chi connectivity index (χ2v) is 4.21. The average Bonchev–Trinajstić information content (AvgIpc) is 2.83. The van der Waals surface area contributed by atoms with Crippen LogP contribution in [0.2, 0.25) is 0 Å². The lowest BCUT2D eigenvalue weighted by atomic mass is 10.2. The van der Waals surface area contributed by atoms with Crippen LogP contribution in [0.4, 0.5) is 10.5 Å². The molecule has 0 radical (unpaired) electrons. The lowest BCUT2D eigenvalue weighted by Gasteiger charge is -2.23. The van der Waals surface area contributed by atoms with Crippen molar-refractivity contribution in [2.24, 2.45) is 0 Å². The monoisotopic (exact) mass is 222 g/mol. The zero-order valence-corrected chi connectivity index (χ0v) is 9.14. The van der Waals surface area contributed by atoms with Gasteiger partial charge in [-0.2, -0.15) is 5.10 Å². The summed E-state index contributed by atoms with van der Waals surface area (Å²) in [6, 6.07) is 0.422. The second kappa shape index (κ2) is 3.48. The maximum atomic E-state index is 11.5. The second-order valence-electron chi connectivity index (χ2n) is 4.21. The van der Waals surface area contributed by atoms with Crippen LogP contribution in [0, 0.1) is 0 Å². The zero-order chi connectivity index (χ0) is 11.1. The van der Waals surface area contributed by atoms with Crippen LogP contribution >= 0.6 is 0 Å². The highest BCUT2D eigenvalue weighted by Gasteiger charge is 2.29. The minimum Gasteiger partial charge on any atom is -0.447 e. The fourth-order valence-corrected chi connectivity index (χ4v) is 2.17. The Morgan fingerprint density at radius 1 is 1.62 bits per heavy atom. The van der Waals surface area contributed by atoms with Crippen molar-refractivity contribution < 1.29 is 9.53 Å². The molecule has 16 heavy (non-hydrogen) atoms. The molecule has 0 bridgehead atoms. The Morgan fingerprint density at radius 3 is 3.25 bits per heavy atom. The molecule has 1 saturated heterocycles. The number of carbonyl (C=O) groups is 1. The van der Waals surface area contributed by atoms with Crippen molar-refractivity contribution in [2.75, 3.05) is 18.1 Å². The van der Waals surface area contributed by atoms with E-state index in [1.807, 2.05) is 4.68 Å². The molecule has 1 amide bonds. The Hall–Kier alpha value is -1.56. The number of rotatable bonds is 1. The Balaban J connectivity index is 1.94. The molecule has 6 nitrogen and oxygen atoms in total. The van der Waals surface area contributed by atoms with E-state index in [2.05, 4.69) is 17.3 Å². The maximum absolute atomic E-state index is 11.5. The quantitative estimate of drug-likeness (QED) is 0.744. The smallest absolute Gasteiger partial charge is 0.414 e. The summed E-state index contributed by atoms with van der Waals surface area (Å²) < 4.78 is 6.89. The third kappa shape index (κ3) is 1.37. The highest BCUT2D eigenvalue weighted by Crippen LogP contribution is 2.25. The Labute approximate surface area is 93.2 Å². The lowest BCUT2D eigenvalue weighted by Crippen LogP contribution is -2.37. The first-order valence-electron chi connectivity index (χ1n) is 5.48. The molecule has 3 heterocycles. The molecule has 1 atom stereocenters. The van der Waals surface area contributed by atoms with Gasteiger partial charge < -0.3 is 10.1 Å². The van der Waals surface area contributed by atoms with Crippen molar-refractivity contribution in [3.63, 3.8) is 0 Å². The molecule has 1 aromatic rings. The Bertz CT molecular complexity index is 428. The number of hydrogen-bond acceptors (Lipinski definition) is 4. The summed E-state index contributed by atoms with van der Waals surface area (Å²) in [5.41, 5.74) is 1.94. The van der Waals surface area contributed by atoms with Crippen LogP contribution in [0.15, 0.2) is 6.20 Å². The molecule has 2 aliphatic rings. The van der Waals surface area contributed by atoms with Crippen LogP contribution in [0.1, 0.15) is 12.6 Å². The minimum atomic E-state index is -0.269. The zero-order valence-electron chi connectivity index (χ0n) is 9.14. The van der Waals surface area contributed by atoms with Crippen molar-refractivity contribution in [3.05, 3.63) is 11.9 Å². The van der Waals surface area contributed by atoms with Gasteiger partial charge in [0.25, 0.3) is 0 Å².